The number of hydrogen-bond donors (Lipinski definition) is 1. The van der Waals surface area contributed by atoms with Crippen molar-refractivity contribution < 1.29 is 14.7 Å². The third-order valence-corrected chi connectivity index (χ3v) is 5.81. The summed E-state index contributed by atoms with van der Waals surface area (Å²) < 4.78 is 0. The molecule has 4 aliphatic carbocycles. The first-order valence-electron chi connectivity index (χ1n) is 5.40. The Morgan fingerprint density at radius 2 is 1.64 bits per heavy atom. The zero-order valence-corrected chi connectivity index (χ0v) is 7.82. The van der Waals surface area contributed by atoms with Crippen LogP contribution in [0.3, 0.4) is 0 Å². The monoisotopic (exact) mass is 192 g/mol. The molecule has 0 amide bonds. The van der Waals surface area contributed by atoms with Crippen molar-refractivity contribution in [2.75, 3.05) is 0 Å². The molecule has 4 fully saturated rings. The van der Waals surface area contributed by atoms with E-state index in [1.807, 2.05) is 0 Å². The van der Waals surface area contributed by atoms with Crippen molar-refractivity contribution in [2.45, 2.75) is 25.7 Å². The lowest BCUT2D eigenvalue weighted by Crippen LogP contribution is -2.87. The second-order valence-electron chi connectivity index (χ2n) is 5.62. The van der Waals surface area contributed by atoms with E-state index < -0.39 is 11.8 Å². The third kappa shape index (κ3) is 0.391. The van der Waals surface area contributed by atoms with Gasteiger partial charge in [0.05, 0.1) is 0 Å². The summed E-state index contributed by atoms with van der Waals surface area (Å²) in [7, 11) is 0. The number of carbonyl (C=O) groups excluding carboxylic acids is 1. The summed E-state index contributed by atoms with van der Waals surface area (Å²) in [5.41, 5.74) is -0.155. The first-order chi connectivity index (χ1) is 6.63. The summed E-state index contributed by atoms with van der Waals surface area (Å²) >= 11 is 0. The van der Waals surface area contributed by atoms with Crippen LogP contribution in [0, 0.1) is 28.6 Å². The van der Waals surface area contributed by atoms with Crippen molar-refractivity contribution >= 4 is 11.8 Å². The smallest absolute Gasteiger partial charge is 0.372 e. The highest BCUT2D eigenvalue weighted by Gasteiger charge is 2.90. The summed E-state index contributed by atoms with van der Waals surface area (Å²) in [4.78, 5) is 22.4. The Morgan fingerprint density at radius 3 is 2.00 bits per heavy atom. The van der Waals surface area contributed by atoms with Gasteiger partial charge in [-0.1, -0.05) is 0 Å². The van der Waals surface area contributed by atoms with Gasteiger partial charge in [-0.2, -0.15) is 0 Å². The maximum atomic E-state index is 11.7. The summed E-state index contributed by atoms with van der Waals surface area (Å²) in [6, 6.07) is 0. The van der Waals surface area contributed by atoms with Gasteiger partial charge in [0, 0.05) is 5.41 Å². The van der Waals surface area contributed by atoms with Gasteiger partial charge >= 0.3 is 5.97 Å². The summed E-state index contributed by atoms with van der Waals surface area (Å²) in [5.74, 6) is 0.457. The predicted octanol–water partition coefficient (Wildman–Crippen LogP) is 1.08. The summed E-state index contributed by atoms with van der Waals surface area (Å²) in [6.45, 7) is 0. The molecule has 0 aliphatic heterocycles. The van der Waals surface area contributed by atoms with Gasteiger partial charge < -0.3 is 5.11 Å². The lowest BCUT2D eigenvalue weighted by molar-refractivity contribution is -0.412. The molecule has 0 saturated heterocycles. The van der Waals surface area contributed by atoms with Crippen molar-refractivity contribution in [1.29, 1.82) is 0 Å². The molecule has 0 bridgehead atoms. The van der Waals surface area contributed by atoms with Gasteiger partial charge in [0.2, 0.25) is 5.78 Å². The maximum absolute atomic E-state index is 11.7. The maximum Gasteiger partial charge on any atom is 0.372 e. The van der Waals surface area contributed by atoms with Crippen LogP contribution >= 0.6 is 0 Å². The van der Waals surface area contributed by atoms with Crippen LogP contribution in [0.2, 0.25) is 0 Å². The highest BCUT2D eigenvalue weighted by Crippen LogP contribution is 2.92. The lowest BCUT2D eigenvalue weighted by Gasteiger charge is -2.90. The molecule has 74 valence electrons. The molecule has 0 aromatic rings. The van der Waals surface area contributed by atoms with Gasteiger partial charge in [0.15, 0.2) is 0 Å². The van der Waals surface area contributed by atoms with E-state index in [1.165, 1.54) is 12.8 Å². The van der Waals surface area contributed by atoms with Gasteiger partial charge in [-0.15, -0.1) is 0 Å². The van der Waals surface area contributed by atoms with Crippen molar-refractivity contribution in [3.8, 4) is 0 Å². The fraction of sp³-hybridized carbons (Fsp3) is 0.818. The van der Waals surface area contributed by atoms with Gasteiger partial charge in [-0.05, 0) is 48.9 Å². The minimum absolute atomic E-state index is 0.225. The Kier molecular flexibility index (Phi) is 0.881. The van der Waals surface area contributed by atoms with Gasteiger partial charge in [-0.25, -0.2) is 4.79 Å². The molecule has 1 N–H and O–H groups in total. The molecule has 0 radical (unpaired) electrons. The first kappa shape index (κ1) is 7.43. The molecule has 0 heterocycles. The Morgan fingerprint density at radius 1 is 1.07 bits per heavy atom. The minimum Gasteiger partial charge on any atom is -0.475 e. The van der Waals surface area contributed by atoms with E-state index >= 15 is 0 Å². The van der Waals surface area contributed by atoms with E-state index in [0.29, 0.717) is 17.8 Å². The normalized spacial score (nSPS) is 60.4. The molecule has 2 atom stereocenters. The molecule has 3 heteroatoms. The lowest BCUT2D eigenvalue weighted by atomic mass is 9.13. The van der Waals surface area contributed by atoms with Crippen LogP contribution in [-0.2, 0) is 9.59 Å². The van der Waals surface area contributed by atoms with Crippen LogP contribution in [-0.4, -0.2) is 16.9 Å². The van der Waals surface area contributed by atoms with Gasteiger partial charge in [0.25, 0.3) is 0 Å². The van der Waals surface area contributed by atoms with Crippen LogP contribution < -0.4 is 0 Å². The van der Waals surface area contributed by atoms with Crippen molar-refractivity contribution in [1.82, 2.24) is 0 Å². The Hall–Kier alpha value is -0.860. The number of rotatable bonds is 2. The number of hydrogen-bond acceptors (Lipinski definition) is 2. The van der Waals surface area contributed by atoms with Crippen molar-refractivity contribution in [2.24, 2.45) is 28.6 Å². The minimum atomic E-state index is -1.20. The molecule has 14 heavy (non-hydrogen) atoms. The zero-order valence-electron chi connectivity index (χ0n) is 7.82. The second kappa shape index (κ2) is 1.66. The predicted molar refractivity (Wildman–Crippen MR) is 46.4 cm³/mol. The standard InChI is InChI=1S/C11H12O3/c12-8(9(13)14)10-3-6-1-5-2-7(4-10)11(5,6)10/h5-7H,1-4H2,(H,13,14). The Balaban J connectivity index is 1.75. The SMILES string of the molecule is O=C(O)C(=O)C12CC3CC4CC(C1)C432. The van der Waals surface area contributed by atoms with Crippen LogP contribution in [0.4, 0.5) is 0 Å². The fourth-order valence-corrected chi connectivity index (χ4v) is 5.52. The highest BCUT2D eigenvalue weighted by molar-refractivity contribution is 6.35. The van der Waals surface area contributed by atoms with E-state index in [4.69, 9.17) is 5.11 Å². The molecular weight excluding hydrogens is 180 g/mol. The fourth-order valence-electron chi connectivity index (χ4n) is 5.52. The average molecular weight is 192 g/mol. The number of ketones is 1. The quantitative estimate of drug-likeness (QED) is 0.666. The molecule has 4 aliphatic rings. The van der Waals surface area contributed by atoms with E-state index in [1.54, 1.807) is 0 Å². The number of carboxylic acids is 1. The summed E-state index contributed by atoms with van der Waals surface area (Å²) in [5, 5.41) is 8.81. The first-order valence-corrected chi connectivity index (χ1v) is 5.40. The molecule has 4 saturated carbocycles. The van der Waals surface area contributed by atoms with Crippen LogP contribution in [0.1, 0.15) is 25.7 Å². The van der Waals surface area contributed by atoms with Crippen LogP contribution in [0.5, 0.6) is 0 Å². The molecular formula is C11H12O3. The number of carbonyl (C=O) groups is 2. The number of Topliss-reactive ketones (excluding diaryl/α,β-unsaturated/α-hetero) is 1. The van der Waals surface area contributed by atoms with Gasteiger partial charge in [0.1, 0.15) is 0 Å². The van der Waals surface area contributed by atoms with Crippen molar-refractivity contribution in [3.63, 3.8) is 0 Å². The largest absolute Gasteiger partial charge is 0.475 e. The molecule has 4 rings (SSSR count). The molecule has 0 aromatic heterocycles. The average Bonchev–Trinajstić information content (AvgIpc) is 1.98. The molecule has 1 spiro atoms. The highest BCUT2D eigenvalue weighted by atomic mass is 16.4. The van der Waals surface area contributed by atoms with Crippen molar-refractivity contribution in [3.05, 3.63) is 0 Å². The number of aliphatic carboxylic acids is 1. The van der Waals surface area contributed by atoms with E-state index in [9.17, 15) is 9.59 Å². The van der Waals surface area contributed by atoms with E-state index in [2.05, 4.69) is 0 Å². The Bertz CT molecular complexity index is 358. The van der Waals surface area contributed by atoms with Gasteiger partial charge in [-0.3, -0.25) is 4.79 Å². The van der Waals surface area contributed by atoms with Crippen LogP contribution in [0.25, 0.3) is 0 Å². The summed E-state index contributed by atoms with van der Waals surface area (Å²) in [6.07, 6.45) is 4.30. The van der Waals surface area contributed by atoms with E-state index in [0.717, 1.165) is 12.8 Å². The Labute approximate surface area is 81.5 Å². The molecule has 3 nitrogen and oxygen atoms in total. The van der Waals surface area contributed by atoms with E-state index in [-0.39, 0.29) is 10.8 Å². The second-order valence-corrected chi connectivity index (χ2v) is 5.62. The molecule has 2 unspecified atom stereocenters. The third-order valence-electron chi connectivity index (χ3n) is 5.81. The topological polar surface area (TPSA) is 54.4 Å². The molecule has 0 aromatic carbocycles. The number of carboxylic acid groups (broad SMARTS) is 1. The zero-order chi connectivity index (χ0) is 9.72. The van der Waals surface area contributed by atoms with Crippen LogP contribution in [0.15, 0.2) is 0 Å².